The lowest BCUT2D eigenvalue weighted by molar-refractivity contribution is 0.0766. The summed E-state index contributed by atoms with van der Waals surface area (Å²) in [6.07, 6.45) is 3.69. The predicted molar refractivity (Wildman–Crippen MR) is 69.2 cm³/mol. The highest BCUT2D eigenvalue weighted by Crippen LogP contribution is 2.18. The minimum Gasteiger partial charge on any atom is -0.380 e. The third kappa shape index (κ3) is 3.64. The van der Waals surface area contributed by atoms with Gasteiger partial charge >= 0.3 is 0 Å². The Hall–Kier alpha value is -0.210. The average molecular weight is 277 g/mol. The van der Waals surface area contributed by atoms with Crippen LogP contribution >= 0.6 is 0 Å². The molecule has 106 valence electrons. The van der Waals surface area contributed by atoms with Crippen molar-refractivity contribution in [2.75, 3.05) is 32.8 Å². The van der Waals surface area contributed by atoms with E-state index < -0.39 is 10.2 Å². The van der Waals surface area contributed by atoms with Crippen molar-refractivity contribution in [2.24, 2.45) is 11.7 Å². The number of piperidine rings is 1. The van der Waals surface area contributed by atoms with E-state index in [1.165, 1.54) is 4.31 Å². The lowest BCUT2D eigenvalue weighted by Gasteiger charge is -2.33. The molecule has 7 heteroatoms. The number of ether oxygens (including phenoxy) is 1. The molecule has 2 aliphatic heterocycles. The van der Waals surface area contributed by atoms with Gasteiger partial charge in [-0.3, -0.25) is 0 Å². The first-order valence-corrected chi connectivity index (χ1v) is 8.11. The number of hydrogen-bond donors (Lipinski definition) is 2. The Morgan fingerprint density at radius 2 is 2.17 bits per heavy atom. The van der Waals surface area contributed by atoms with E-state index in [1.807, 2.05) is 0 Å². The first-order valence-electron chi connectivity index (χ1n) is 6.67. The van der Waals surface area contributed by atoms with Crippen molar-refractivity contribution < 1.29 is 13.2 Å². The second-order valence-electron chi connectivity index (χ2n) is 5.14. The Balaban J connectivity index is 1.92. The van der Waals surface area contributed by atoms with Crippen LogP contribution in [0.2, 0.25) is 0 Å². The second-order valence-corrected chi connectivity index (χ2v) is 6.84. The molecule has 0 aromatic carbocycles. The van der Waals surface area contributed by atoms with Crippen LogP contribution in [0.4, 0.5) is 0 Å². The Bertz CT molecular complexity index is 355. The van der Waals surface area contributed by atoms with Crippen molar-refractivity contribution in [1.82, 2.24) is 9.03 Å². The van der Waals surface area contributed by atoms with Gasteiger partial charge in [0, 0.05) is 25.7 Å². The van der Waals surface area contributed by atoms with Crippen LogP contribution in [0.3, 0.4) is 0 Å². The summed E-state index contributed by atoms with van der Waals surface area (Å²) in [7, 11) is -3.38. The summed E-state index contributed by atoms with van der Waals surface area (Å²) in [5.41, 5.74) is 5.63. The van der Waals surface area contributed by atoms with E-state index in [0.29, 0.717) is 26.2 Å². The smallest absolute Gasteiger partial charge is 0.279 e. The van der Waals surface area contributed by atoms with E-state index in [0.717, 1.165) is 32.3 Å². The molecule has 0 bridgehead atoms. The fourth-order valence-electron chi connectivity index (χ4n) is 2.56. The van der Waals surface area contributed by atoms with Gasteiger partial charge in [0.15, 0.2) is 0 Å². The molecule has 6 nitrogen and oxygen atoms in total. The summed E-state index contributed by atoms with van der Waals surface area (Å²) >= 11 is 0. The summed E-state index contributed by atoms with van der Waals surface area (Å²) in [4.78, 5) is 0. The number of hydrogen-bond acceptors (Lipinski definition) is 4. The average Bonchev–Trinajstić information content (AvgIpc) is 2.39. The molecule has 0 radical (unpaired) electrons. The highest BCUT2D eigenvalue weighted by Gasteiger charge is 2.30. The van der Waals surface area contributed by atoms with E-state index in [4.69, 9.17) is 10.5 Å². The Labute approximate surface area is 109 Å². The number of rotatable bonds is 4. The molecule has 0 spiro atoms. The molecule has 0 aromatic heterocycles. The van der Waals surface area contributed by atoms with Gasteiger partial charge in [0.1, 0.15) is 0 Å². The van der Waals surface area contributed by atoms with Crippen LogP contribution in [0.1, 0.15) is 25.7 Å². The molecule has 2 atom stereocenters. The van der Waals surface area contributed by atoms with E-state index in [1.54, 1.807) is 0 Å². The SMILES string of the molecule is NCC1CCCN(S(=O)(=O)NC2CCCOC2)C1. The maximum atomic E-state index is 12.2. The third-order valence-electron chi connectivity index (χ3n) is 3.63. The van der Waals surface area contributed by atoms with Crippen LogP contribution in [0, 0.1) is 5.92 Å². The van der Waals surface area contributed by atoms with Crippen LogP contribution in [-0.2, 0) is 14.9 Å². The van der Waals surface area contributed by atoms with Crippen molar-refractivity contribution in [2.45, 2.75) is 31.7 Å². The van der Waals surface area contributed by atoms with Gasteiger partial charge in [0.2, 0.25) is 0 Å². The molecular weight excluding hydrogens is 254 g/mol. The van der Waals surface area contributed by atoms with Gasteiger partial charge in [0.05, 0.1) is 6.61 Å². The summed E-state index contributed by atoms with van der Waals surface area (Å²) in [5.74, 6) is 0.290. The summed E-state index contributed by atoms with van der Waals surface area (Å²) < 4.78 is 34.0. The highest BCUT2D eigenvalue weighted by molar-refractivity contribution is 7.87. The first kappa shape index (κ1) is 14.2. The minimum atomic E-state index is -3.38. The van der Waals surface area contributed by atoms with Crippen LogP contribution in [-0.4, -0.2) is 51.6 Å². The maximum Gasteiger partial charge on any atom is 0.279 e. The van der Waals surface area contributed by atoms with Crippen molar-refractivity contribution in [3.05, 3.63) is 0 Å². The lowest BCUT2D eigenvalue weighted by atomic mass is 10.0. The fraction of sp³-hybridized carbons (Fsp3) is 1.00. The van der Waals surface area contributed by atoms with Gasteiger partial charge in [-0.15, -0.1) is 0 Å². The molecule has 0 aliphatic carbocycles. The zero-order chi connectivity index (χ0) is 13.0. The topological polar surface area (TPSA) is 84.7 Å². The molecule has 2 aliphatic rings. The quantitative estimate of drug-likeness (QED) is 0.737. The number of nitrogens with zero attached hydrogens (tertiary/aromatic N) is 1. The fourth-order valence-corrected chi connectivity index (χ4v) is 4.09. The molecule has 2 fully saturated rings. The van der Waals surface area contributed by atoms with Gasteiger partial charge in [-0.1, -0.05) is 0 Å². The van der Waals surface area contributed by atoms with E-state index in [2.05, 4.69) is 4.72 Å². The van der Waals surface area contributed by atoms with Crippen LogP contribution in [0.15, 0.2) is 0 Å². The molecule has 3 N–H and O–H groups in total. The molecule has 18 heavy (non-hydrogen) atoms. The molecule has 0 aromatic rings. The molecule has 0 saturated carbocycles. The molecular formula is C11H23N3O3S. The van der Waals surface area contributed by atoms with Gasteiger partial charge < -0.3 is 10.5 Å². The largest absolute Gasteiger partial charge is 0.380 e. The molecule has 2 heterocycles. The monoisotopic (exact) mass is 277 g/mol. The Morgan fingerprint density at radius 3 is 2.83 bits per heavy atom. The zero-order valence-corrected chi connectivity index (χ0v) is 11.5. The summed E-state index contributed by atoms with van der Waals surface area (Å²) in [6, 6.07) is -0.0815. The zero-order valence-electron chi connectivity index (χ0n) is 10.7. The first-order chi connectivity index (χ1) is 8.62. The Kier molecular flexibility index (Phi) is 4.97. The van der Waals surface area contributed by atoms with Crippen LogP contribution < -0.4 is 10.5 Å². The van der Waals surface area contributed by atoms with E-state index in [-0.39, 0.29) is 12.0 Å². The van der Waals surface area contributed by atoms with Crippen molar-refractivity contribution in [3.63, 3.8) is 0 Å². The van der Waals surface area contributed by atoms with Crippen molar-refractivity contribution in [3.8, 4) is 0 Å². The van der Waals surface area contributed by atoms with E-state index in [9.17, 15) is 8.42 Å². The normalized spacial score (nSPS) is 31.4. The van der Waals surface area contributed by atoms with Crippen molar-refractivity contribution in [1.29, 1.82) is 0 Å². The van der Waals surface area contributed by atoms with Crippen LogP contribution in [0.5, 0.6) is 0 Å². The van der Waals surface area contributed by atoms with Gasteiger partial charge in [-0.25, -0.2) is 0 Å². The second kappa shape index (κ2) is 6.29. The van der Waals surface area contributed by atoms with Gasteiger partial charge in [0.25, 0.3) is 10.2 Å². The molecule has 0 amide bonds. The standard InChI is InChI=1S/C11H23N3O3S/c12-7-10-3-1-5-14(8-10)18(15,16)13-11-4-2-6-17-9-11/h10-11,13H,1-9,12H2. The molecule has 2 unspecified atom stereocenters. The minimum absolute atomic E-state index is 0.0815. The van der Waals surface area contributed by atoms with Gasteiger partial charge in [-0.2, -0.15) is 17.4 Å². The highest BCUT2D eigenvalue weighted by atomic mass is 32.2. The number of nitrogens with one attached hydrogen (secondary N) is 1. The number of nitrogens with two attached hydrogens (primary N) is 1. The van der Waals surface area contributed by atoms with Gasteiger partial charge in [-0.05, 0) is 38.1 Å². The lowest BCUT2D eigenvalue weighted by Crippen LogP contribution is -2.51. The Morgan fingerprint density at radius 1 is 1.33 bits per heavy atom. The van der Waals surface area contributed by atoms with Crippen molar-refractivity contribution >= 4 is 10.2 Å². The third-order valence-corrected chi connectivity index (χ3v) is 5.27. The maximum absolute atomic E-state index is 12.2. The van der Waals surface area contributed by atoms with Crippen LogP contribution in [0.25, 0.3) is 0 Å². The summed E-state index contributed by atoms with van der Waals surface area (Å²) in [5, 5.41) is 0. The van der Waals surface area contributed by atoms with E-state index >= 15 is 0 Å². The predicted octanol–water partition coefficient (Wildman–Crippen LogP) is -0.329. The summed E-state index contributed by atoms with van der Waals surface area (Å²) in [6.45, 7) is 2.90. The molecule has 2 rings (SSSR count). The molecule has 2 saturated heterocycles.